The summed E-state index contributed by atoms with van der Waals surface area (Å²) in [5, 5.41) is 4.13. The second-order valence-corrected chi connectivity index (χ2v) is 8.40. The van der Waals surface area contributed by atoms with Crippen molar-refractivity contribution in [3.8, 4) is 22.6 Å². The Morgan fingerprint density at radius 2 is 1.83 bits per heavy atom. The number of amides is 1. The van der Waals surface area contributed by atoms with Crippen molar-refractivity contribution < 1.29 is 14.3 Å². The molecule has 1 aromatic heterocycles. The lowest BCUT2D eigenvalue weighted by molar-refractivity contribution is 0.0937. The maximum atomic E-state index is 13.0. The summed E-state index contributed by atoms with van der Waals surface area (Å²) < 4.78 is 11.8. The second-order valence-electron chi connectivity index (χ2n) is 7.62. The van der Waals surface area contributed by atoms with Gasteiger partial charge < -0.3 is 9.47 Å². The maximum Gasteiger partial charge on any atom is 0.264 e. The first-order valence-corrected chi connectivity index (χ1v) is 11.3. The van der Waals surface area contributed by atoms with Gasteiger partial charge in [-0.3, -0.25) is 14.6 Å². The van der Waals surface area contributed by atoms with Crippen LogP contribution in [0, 0.1) is 0 Å². The number of rotatable bonds is 6. The molecule has 0 bridgehead atoms. The molecule has 0 unspecified atom stereocenters. The summed E-state index contributed by atoms with van der Waals surface area (Å²) in [7, 11) is 0. The molecule has 1 fully saturated rings. The van der Waals surface area contributed by atoms with Gasteiger partial charge in [0.15, 0.2) is 6.73 Å². The number of carbonyl (C=O) groups excluding carboxylic acids is 1. The van der Waals surface area contributed by atoms with Crippen molar-refractivity contribution in [2.45, 2.75) is 12.8 Å². The minimum Gasteiger partial charge on any atom is -0.492 e. The van der Waals surface area contributed by atoms with Gasteiger partial charge in [0.1, 0.15) is 18.1 Å². The van der Waals surface area contributed by atoms with E-state index in [1.807, 2.05) is 47.8 Å². The molecule has 30 heavy (non-hydrogen) atoms. The molecule has 0 spiro atoms. The zero-order valence-electron chi connectivity index (χ0n) is 16.8. The molecular weight excluding hydrogens is 396 g/mol. The molecule has 1 amide bonds. The lowest BCUT2D eigenvalue weighted by Crippen LogP contribution is -2.38. The fraction of sp³-hybridized carbons (Fsp3) is 0.292. The number of thiophene rings is 1. The van der Waals surface area contributed by atoms with E-state index < -0.39 is 0 Å². The van der Waals surface area contributed by atoms with Crippen LogP contribution in [0.5, 0.6) is 11.5 Å². The molecule has 0 radical (unpaired) electrons. The third-order valence-electron chi connectivity index (χ3n) is 5.68. The predicted octanol–water partition coefficient (Wildman–Crippen LogP) is 4.89. The van der Waals surface area contributed by atoms with Crippen LogP contribution in [0.25, 0.3) is 11.1 Å². The van der Waals surface area contributed by atoms with Crippen LogP contribution in [-0.2, 0) is 0 Å². The molecule has 0 saturated carbocycles. The van der Waals surface area contributed by atoms with E-state index in [1.165, 1.54) is 25.9 Å². The molecule has 0 atom stereocenters. The fourth-order valence-electron chi connectivity index (χ4n) is 3.98. The van der Waals surface area contributed by atoms with Gasteiger partial charge in [-0.15, -0.1) is 0 Å². The van der Waals surface area contributed by atoms with E-state index in [0.29, 0.717) is 17.9 Å². The maximum absolute atomic E-state index is 13.0. The molecule has 2 aliphatic heterocycles. The molecule has 0 aliphatic carbocycles. The minimum atomic E-state index is -0.0455. The van der Waals surface area contributed by atoms with Crippen LogP contribution < -0.4 is 14.4 Å². The average Bonchev–Trinajstić information content (AvgIpc) is 3.49. The summed E-state index contributed by atoms with van der Waals surface area (Å²) in [6.07, 6.45) is 2.58. The van der Waals surface area contributed by atoms with E-state index >= 15 is 0 Å². The normalized spacial score (nSPS) is 16.4. The van der Waals surface area contributed by atoms with Crippen molar-refractivity contribution in [1.82, 2.24) is 4.90 Å². The third-order valence-corrected chi connectivity index (χ3v) is 6.37. The largest absolute Gasteiger partial charge is 0.492 e. The molecule has 0 N–H and O–H groups in total. The van der Waals surface area contributed by atoms with E-state index in [-0.39, 0.29) is 12.6 Å². The summed E-state index contributed by atoms with van der Waals surface area (Å²) in [5.74, 6) is 1.42. The molecule has 3 aromatic rings. The van der Waals surface area contributed by atoms with E-state index in [9.17, 15) is 4.79 Å². The quantitative estimate of drug-likeness (QED) is 0.570. The lowest BCUT2D eigenvalue weighted by atomic mass is 10.0. The molecular formula is C24H24N2O3S. The van der Waals surface area contributed by atoms with Crippen LogP contribution in [-0.4, -0.2) is 43.8 Å². The van der Waals surface area contributed by atoms with Crippen LogP contribution in [0.15, 0.2) is 59.3 Å². The lowest BCUT2D eigenvalue weighted by Gasteiger charge is -2.29. The molecule has 2 aliphatic rings. The van der Waals surface area contributed by atoms with Crippen molar-refractivity contribution in [2.24, 2.45) is 0 Å². The number of fused-ring (bicyclic) bond motifs is 1. The highest BCUT2D eigenvalue weighted by Gasteiger charge is 2.27. The van der Waals surface area contributed by atoms with Crippen LogP contribution in [0.3, 0.4) is 0 Å². The number of ether oxygens (including phenoxy) is 2. The third kappa shape index (κ3) is 3.93. The van der Waals surface area contributed by atoms with E-state index in [1.54, 1.807) is 16.2 Å². The molecule has 5 rings (SSSR count). The predicted molar refractivity (Wildman–Crippen MR) is 120 cm³/mol. The number of nitrogens with zero attached hydrogens (tertiary/aromatic N) is 2. The summed E-state index contributed by atoms with van der Waals surface area (Å²) in [5.41, 5.74) is 3.60. The molecule has 154 valence electrons. The number of benzene rings is 2. The van der Waals surface area contributed by atoms with E-state index in [4.69, 9.17) is 9.47 Å². The highest BCUT2D eigenvalue weighted by Crippen LogP contribution is 2.33. The standard InChI is InChI=1S/C24H24N2O3S/c27-24-22-8-3-18(19-9-14-30-16-19)15-23(22)29-17-26(24)20-4-6-21(7-5-20)28-13-12-25-10-1-2-11-25/h3-9,14-16H,1-2,10-13,17H2. The molecule has 6 heteroatoms. The Bertz CT molecular complexity index is 1010. The number of likely N-dealkylation sites (tertiary alicyclic amines) is 1. The van der Waals surface area contributed by atoms with Crippen molar-refractivity contribution in [3.63, 3.8) is 0 Å². The van der Waals surface area contributed by atoms with Gasteiger partial charge in [0.2, 0.25) is 0 Å². The average molecular weight is 421 g/mol. The summed E-state index contributed by atoms with van der Waals surface area (Å²) in [6.45, 7) is 4.20. The number of anilines is 1. The first-order chi connectivity index (χ1) is 14.8. The zero-order chi connectivity index (χ0) is 20.3. The second kappa shape index (κ2) is 8.50. The highest BCUT2D eigenvalue weighted by atomic mass is 32.1. The Hall–Kier alpha value is -2.83. The van der Waals surface area contributed by atoms with Crippen molar-refractivity contribution in [1.29, 1.82) is 0 Å². The van der Waals surface area contributed by atoms with Crippen LogP contribution in [0.1, 0.15) is 23.2 Å². The Labute approximate surface area is 180 Å². The minimum absolute atomic E-state index is 0.0455. The van der Waals surface area contributed by atoms with E-state index in [0.717, 1.165) is 29.1 Å². The number of hydrogen-bond donors (Lipinski definition) is 0. The Balaban J connectivity index is 1.25. The van der Waals surface area contributed by atoms with Gasteiger partial charge >= 0.3 is 0 Å². The van der Waals surface area contributed by atoms with Gasteiger partial charge in [-0.2, -0.15) is 11.3 Å². The Morgan fingerprint density at radius 1 is 1.00 bits per heavy atom. The van der Waals surface area contributed by atoms with E-state index in [2.05, 4.69) is 16.3 Å². The Kier molecular flexibility index (Phi) is 5.43. The van der Waals surface area contributed by atoms with Crippen LogP contribution >= 0.6 is 11.3 Å². The van der Waals surface area contributed by atoms with Gasteiger partial charge in [-0.05, 0) is 90.3 Å². The topological polar surface area (TPSA) is 42.0 Å². The first kappa shape index (κ1) is 19.2. The van der Waals surface area contributed by atoms with Crippen LogP contribution in [0.2, 0.25) is 0 Å². The fourth-order valence-corrected chi connectivity index (χ4v) is 4.64. The summed E-state index contributed by atoms with van der Waals surface area (Å²) in [6, 6.07) is 15.5. The summed E-state index contributed by atoms with van der Waals surface area (Å²) >= 11 is 1.65. The van der Waals surface area contributed by atoms with Crippen molar-refractivity contribution in [3.05, 3.63) is 64.9 Å². The van der Waals surface area contributed by atoms with Crippen molar-refractivity contribution in [2.75, 3.05) is 37.9 Å². The van der Waals surface area contributed by atoms with Gasteiger partial charge in [0.05, 0.1) is 5.56 Å². The zero-order valence-corrected chi connectivity index (χ0v) is 17.6. The monoisotopic (exact) mass is 420 g/mol. The van der Waals surface area contributed by atoms with Gasteiger partial charge in [-0.25, -0.2) is 0 Å². The highest BCUT2D eigenvalue weighted by molar-refractivity contribution is 7.08. The molecule has 5 nitrogen and oxygen atoms in total. The van der Waals surface area contributed by atoms with Crippen molar-refractivity contribution >= 4 is 22.9 Å². The smallest absolute Gasteiger partial charge is 0.264 e. The summed E-state index contributed by atoms with van der Waals surface area (Å²) in [4.78, 5) is 17.1. The SMILES string of the molecule is O=C1c2ccc(-c3ccsc3)cc2OCN1c1ccc(OCCN2CCCC2)cc1. The Morgan fingerprint density at radius 3 is 2.60 bits per heavy atom. The molecule has 2 aromatic carbocycles. The molecule has 3 heterocycles. The number of carbonyl (C=O) groups is 1. The van der Waals surface area contributed by atoms with Gasteiger partial charge in [-0.1, -0.05) is 6.07 Å². The van der Waals surface area contributed by atoms with Crippen LogP contribution in [0.4, 0.5) is 5.69 Å². The van der Waals surface area contributed by atoms with Gasteiger partial charge in [0, 0.05) is 12.2 Å². The first-order valence-electron chi connectivity index (χ1n) is 10.3. The number of hydrogen-bond acceptors (Lipinski definition) is 5. The molecule has 1 saturated heterocycles. The van der Waals surface area contributed by atoms with Gasteiger partial charge in [0.25, 0.3) is 5.91 Å².